The quantitative estimate of drug-likeness (QED) is 0.852. The van der Waals surface area contributed by atoms with Crippen LogP contribution in [0.4, 0.5) is 17.3 Å². The normalized spacial score (nSPS) is 13.2. The lowest BCUT2D eigenvalue weighted by atomic mass is 10.00. The molecule has 0 aliphatic carbocycles. The highest BCUT2D eigenvalue weighted by atomic mass is 16.1. The van der Waals surface area contributed by atoms with Crippen LogP contribution in [0.1, 0.15) is 25.0 Å². The highest BCUT2D eigenvalue weighted by Crippen LogP contribution is 2.26. The highest BCUT2D eigenvalue weighted by molar-refractivity contribution is 6.01. The molecule has 1 aromatic carbocycles. The van der Waals surface area contributed by atoms with Gasteiger partial charge in [0.1, 0.15) is 11.6 Å². The zero-order valence-corrected chi connectivity index (χ0v) is 14.0. The minimum atomic E-state index is -0.192. The fourth-order valence-corrected chi connectivity index (χ4v) is 2.87. The lowest BCUT2D eigenvalue weighted by Gasteiger charge is -2.30. The largest absolute Gasteiger partial charge is 0.382 e. The van der Waals surface area contributed by atoms with Gasteiger partial charge in [0.15, 0.2) is 0 Å². The van der Waals surface area contributed by atoms with Crippen molar-refractivity contribution in [2.45, 2.75) is 26.8 Å². The van der Waals surface area contributed by atoms with E-state index >= 15 is 0 Å². The fraction of sp³-hybridized carbons (Fsp3) is 0.263. The van der Waals surface area contributed by atoms with E-state index in [0.717, 1.165) is 30.9 Å². The minimum absolute atomic E-state index is 0.192. The average Bonchev–Trinajstić information content (AvgIpc) is 2.55. The SMILES string of the molecule is CC(C)=CC(=O)Nc1ccc(N2CCc3ccccc3C2)nc1N. The van der Waals surface area contributed by atoms with Crippen molar-refractivity contribution in [2.24, 2.45) is 0 Å². The number of nitrogens with one attached hydrogen (secondary N) is 1. The number of carbonyl (C=O) groups excluding carboxylic acids is 1. The van der Waals surface area contributed by atoms with Crippen molar-refractivity contribution in [1.29, 1.82) is 0 Å². The number of benzene rings is 1. The molecule has 124 valence electrons. The average molecular weight is 322 g/mol. The Morgan fingerprint density at radius 3 is 2.67 bits per heavy atom. The van der Waals surface area contributed by atoms with Gasteiger partial charge in [0, 0.05) is 19.2 Å². The van der Waals surface area contributed by atoms with Gasteiger partial charge in [-0.1, -0.05) is 29.8 Å². The van der Waals surface area contributed by atoms with E-state index in [9.17, 15) is 4.79 Å². The third kappa shape index (κ3) is 3.56. The maximum absolute atomic E-state index is 11.8. The molecule has 5 heteroatoms. The predicted octanol–water partition coefficient (Wildman–Crippen LogP) is 3.13. The molecule has 1 aromatic heterocycles. The number of anilines is 3. The smallest absolute Gasteiger partial charge is 0.248 e. The maximum atomic E-state index is 11.8. The maximum Gasteiger partial charge on any atom is 0.248 e. The summed E-state index contributed by atoms with van der Waals surface area (Å²) in [5, 5.41) is 2.77. The molecule has 0 atom stereocenters. The fourth-order valence-electron chi connectivity index (χ4n) is 2.87. The van der Waals surface area contributed by atoms with Crippen molar-refractivity contribution in [3.63, 3.8) is 0 Å². The number of rotatable bonds is 3. The Hall–Kier alpha value is -2.82. The van der Waals surface area contributed by atoms with E-state index in [0.29, 0.717) is 11.5 Å². The van der Waals surface area contributed by atoms with Crippen LogP contribution in [0.15, 0.2) is 48.0 Å². The number of nitrogens with two attached hydrogens (primary N) is 1. The second kappa shape index (κ2) is 6.74. The minimum Gasteiger partial charge on any atom is -0.382 e. The van der Waals surface area contributed by atoms with Gasteiger partial charge < -0.3 is 16.0 Å². The molecule has 1 amide bonds. The van der Waals surface area contributed by atoms with E-state index < -0.39 is 0 Å². The van der Waals surface area contributed by atoms with Crippen LogP contribution in [-0.2, 0) is 17.8 Å². The van der Waals surface area contributed by atoms with Crippen LogP contribution in [0.25, 0.3) is 0 Å². The number of aromatic nitrogens is 1. The van der Waals surface area contributed by atoms with Crippen LogP contribution in [0.2, 0.25) is 0 Å². The number of nitrogen functional groups attached to an aromatic ring is 1. The molecule has 0 fully saturated rings. The van der Waals surface area contributed by atoms with E-state index in [4.69, 9.17) is 5.73 Å². The van der Waals surface area contributed by atoms with Gasteiger partial charge in [-0.2, -0.15) is 0 Å². The highest BCUT2D eigenvalue weighted by Gasteiger charge is 2.17. The Morgan fingerprint density at radius 2 is 1.96 bits per heavy atom. The summed E-state index contributed by atoms with van der Waals surface area (Å²) in [6.07, 6.45) is 2.53. The summed E-state index contributed by atoms with van der Waals surface area (Å²) in [6, 6.07) is 12.2. The van der Waals surface area contributed by atoms with Crippen molar-refractivity contribution < 1.29 is 4.79 Å². The van der Waals surface area contributed by atoms with Crippen molar-refractivity contribution in [3.05, 3.63) is 59.2 Å². The standard InChI is InChI=1S/C19H22N4O/c1-13(2)11-18(24)21-16-7-8-17(22-19(16)20)23-10-9-14-5-3-4-6-15(14)12-23/h3-8,11H,9-10,12H2,1-2H3,(H2,20,22)(H,21,24). The number of fused-ring (bicyclic) bond motifs is 1. The van der Waals surface area contributed by atoms with E-state index in [1.807, 2.05) is 26.0 Å². The Labute approximate surface area is 142 Å². The first kappa shape index (κ1) is 16.1. The van der Waals surface area contributed by atoms with Gasteiger partial charge in [0.2, 0.25) is 5.91 Å². The molecule has 1 aliphatic heterocycles. The number of amides is 1. The van der Waals surface area contributed by atoms with Crippen molar-refractivity contribution in [1.82, 2.24) is 4.98 Å². The Bertz CT molecular complexity index is 794. The Morgan fingerprint density at radius 1 is 1.21 bits per heavy atom. The Kier molecular flexibility index (Phi) is 4.51. The van der Waals surface area contributed by atoms with Gasteiger partial charge in [-0.3, -0.25) is 4.79 Å². The third-order valence-electron chi connectivity index (χ3n) is 4.04. The summed E-state index contributed by atoms with van der Waals surface area (Å²) in [5.41, 5.74) is 10.2. The molecule has 0 radical (unpaired) electrons. The predicted molar refractivity (Wildman–Crippen MR) is 97.9 cm³/mol. The third-order valence-corrected chi connectivity index (χ3v) is 4.04. The van der Waals surface area contributed by atoms with Crippen LogP contribution in [0, 0.1) is 0 Å². The molecular weight excluding hydrogens is 300 g/mol. The van der Waals surface area contributed by atoms with E-state index in [1.165, 1.54) is 17.2 Å². The molecule has 3 rings (SSSR count). The summed E-state index contributed by atoms with van der Waals surface area (Å²) in [5.74, 6) is 0.979. The van der Waals surface area contributed by atoms with Crippen LogP contribution in [0.5, 0.6) is 0 Å². The number of allylic oxidation sites excluding steroid dienone is 1. The number of hydrogen-bond donors (Lipinski definition) is 2. The summed E-state index contributed by atoms with van der Waals surface area (Å²) in [6.45, 7) is 5.48. The molecule has 1 aliphatic rings. The van der Waals surface area contributed by atoms with E-state index in [2.05, 4.69) is 39.5 Å². The molecule has 0 saturated heterocycles. The second-order valence-corrected chi connectivity index (χ2v) is 6.25. The van der Waals surface area contributed by atoms with Crippen LogP contribution < -0.4 is 16.0 Å². The zero-order valence-electron chi connectivity index (χ0n) is 14.0. The van der Waals surface area contributed by atoms with Crippen molar-refractivity contribution in [3.8, 4) is 0 Å². The van der Waals surface area contributed by atoms with Crippen LogP contribution in [-0.4, -0.2) is 17.4 Å². The molecule has 0 bridgehead atoms. The number of nitrogens with zero attached hydrogens (tertiary/aromatic N) is 2. The molecule has 0 unspecified atom stereocenters. The number of carbonyl (C=O) groups is 1. The first-order valence-corrected chi connectivity index (χ1v) is 8.07. The summed E-state index contributed by atoms with van der Waals surface area (Å²) < 4.78 is 0. The van der Waals surface area contributed by atoms with Gasteiger partial charge in [0.25, 0.3) is 0 Å². The molecule has 5 nitrogen and oxygen atoms in total. The molecule has 0 spiro atoms. The van der Waals surface area contributed by atoms with Gasteiger partial charge in [-0.15, -0.1) is 0 Å². The Balaban J connectivity index is 1.76. The van der Waals surface area contributed by atoms with E-state index in [1.54, 1.807) is 0 Å². The van der Waals surface area contributed by atoms with Crippen LogP contribution >= 0.6 is 0 Å². The van der Waals surface area contributed by atoms with Crippen molar-refractivity contribution in [2.75, 3.05) is 22.5 Å². The van der Waals surface area contributed by atoms with Gasteiger partial charge in [-0.05, 0) is 43.5 Å². The molecular formula is C19H22N4O. The number of hydrogen-bond acceptors (Lipinski definition) is 4. The second-order valence-electron chi connectivity index (χ2n) is 6.25. The topological polar surface area (TPSA) is 71.2 Å². The first-order valence-electron chi connectivity index (χ1n) is 8.07. The van der Waals surface area contributed by atoms with E-state index in [-0.39, 0.29) is 5.91 Å². The van der Waals surface area contributed by atoms with Crippen LogP contribution in [0.3, 0.4) is 0 Å². The summed E-state index contributed by atoms with van der Waals surface area (Å²) >= 11 is 0. The molecule has 2 aromatic rings. The lowest BCUT2D eigenvalue weighted by molar-refractivity contribution is -0.111. The van der Waals surface area contributed by atoms with Gasteiger partial charge in [-0.25, -0.2) is 4.98 Å². The van der Waals surface area contributed by atoms with Gasteiger partial charge in [0.05, 0.1) is 5.69 Å². The molecule has 24 heavy (non-hydrogen) atoms. The zero-order chi connectivity index (χ0) is 17.1. The number of pyridine rings is 1. The van der Waals surface area contributed by atoms with Crippen molar-refractivity contribution >= 4 is 23.2 Å². The lowest BCUT2D eigenvalue weighted by Crippen LogP contribution is -2.31. The first-order chi connectivity index (χ1) is 11.5. The summed E-state index contributed by atoms with van der Waals surface area (Å²) in [7, 11) is 0. The molecule has 3 N–H and O–H groups in total. The molecule has 2 heterocycles. The molecule has 0 saturated carbocycles. The monoisotopic (exact) mass is 322 g/mol. The summed E-state index contributed by atoms with van der Waals surface area (Å²) in [4.78, 5) is 18.5. The van der Waals surface area contributed by atoms with Gasteiger partial charge >= 0.3 is 0 Å².